The third-order valence-electron chi connectivity index (χ3n) is 1.82. The summed E-state index contributed by atoms with van der Waals surface area (Å²) in [5.74, 6) is -0.291. The minimum absolute atomic E-state index is 0.202. The number of carbonyl (C=O) groups excluding carboxylic acids is 2. The van der Waals surface area contributed by atoms with E-state index in [1.165, 1.54) is 13.2 Å². The molecule has 0 rings (SSSR count). The lowest BCUT2D eigenvalue weighted by molar-refractivity contribution is -0.151. The molecule has 74 valence electrons. The molecule has 0 fully saturated rings. The van der Waals surface area contributed by atoms with Crippen LogP contribution >= 0.6 is 0 Å². The van der Waals surface area contributed by atoms with Crippen molar-refractivity contribution >= 4 is 12.0 Å². The standard InChI is InChI=1S/C9H15NO3/c1-7(10-6-11)5-9(2,3)8(12)13-4/h7H,5H2,1-4H3. The van der Waals surface area contributed by atoms with Gasteiger partial charge in [0.25, 0.3) is 0 Å². The number of nitrogens with zero attached hydrogens (tertiary/aromatic N) is 1. The van der Waals surface area contributed by atoms with Gasteiger partial charge in [-0.1, -0.05) is 0 Å². The molecule has 0 aromatic rings. The lowest BCUT2D eigenvalue weighted by Gasteiger charge is -2.22. The molecule has 0 aliphatic carbocycles. The molecule has 4 heteroatoms. The molecule has 1 unspecified atom stereocenters. The van der Waals surface area contributed by atoms with E-state index in [1.54, 1.807) is 20.8 Å². The van der Waals surface area contributed by atoms with Crippen LogP contribution in [0.5, 0.6) is 0 Å². The Morgan fingerprint density at radius 2 is 2.15 bits per heavy atom. The van der Waals surface area contributed by atoms with E-state index in [0.717, 1.165) is 0 Å². The van der Waals surface area contributed by atoms with Crippen molar-refractivity contribution < 1.29 is 14.3 Å². The zero-order valence-corrected chi connectivity index (χ0v) is 8.46. The molecule has 0 aromatic heterocycles. The summed E-state index contributed by atoms with van der Waals surface area (Å²) >= 11 is 0. The Balaban J connectivity index is 4.31. The van der Waals surface area contributed by atoms with Gasteiger partial charge in [-0.3, -0.25) is 4.79 Å². The molecule has 0 aliphatic rings. The first-order chi connectivity index (χ1) is 5.94. The van der Waals surface area contributed by atoms with Crippen molar-refractivity contribution in [3.05, 3.63) is 0 Å². The van der Waals surface area contributed by atoms with Crippen LogP contribution in [-0.4, -0.2) is 25.2 Å². The van der Waals surface area contributed by atoms with Gasteiger partial charge in [-0.05, 0) is 27.2 Å². The summed E-state index contributed by atoms with van der Waals surface area (Å²) in [7, 11) is 1.34. The second kappa shape index (κ2) is 4.77. The smallest absolute Gasteiger partial charge is 0.311 e. The van der Waals surface area contributed by atoms with Gasteiger partial charge >= 0.3 is 5.97 Å². The monoisotopic (exact) mass is 185 g/mol. The maximum atomic E-state index is 11.2. The Morgan fingerprint density at radius 1 is 1.62 bits per heavy atom. The molecular formula is C9H15NO3. The second-order valence-corrected chi connectivity index (χ2v) is 3.65. The molecular weight excluding hydrogens is 170 g/mol. The van der Waals surface area contributed by atoms with E-state index < -0.39 is 5.41 Å². The van der Waals surface area contributed by atoms with E-state index in [0.29, 0.717) is 6.42 Å². The Bertz CT molecular complexity index is 229. The molecule has 0 amide bonds. The summed E-state index contributed by atoms with van der Waals surface area (Å²) in [5, 5.41) is 0. The fourth-order valence-corrected chi connectivity index (χ4v) is 1.23. The van der Waals surface area contributed by atoms with Gasteiger partial charge in [0, 0.05) is 0 Å². The minimum Gasteiger partial charge on any atom is -0.469 e. The number of hydrogen-bond acceptors (Lipinski definition) is 4. The summed E-state index contributed by atoms with van der Waals surface area (Å²) < 4.78 is 4.61. The Morgan fingerprint density at radius 3 is 2.54 bits per heavy atom. The third kappa shape index (κ3) is 3.85. The van der Waals surface area contributed by atoms with Gasteiger partial charge in [-0.15, -0.1) is 0 Å². The number of hydrogen-bond donors (Lipinski definition) is 0. The number of carbonyl (C=O) groups is 1. The maximum absolute atomic E-state index is 11.2. The number of methoxy groups -OCH3 is 1. The van der Waals surface area contributed by atoms with Gasteiger partial charge in [-0.25, -0.2) is 9.79 Å². The minimum atomic E-state index is -0.603. The molecule has 0 aromatic carbocycles. The van der Waals surface area contributed by atoms with E-state index in [2.05, 4.69) is 9.73 Å². The zero-order chi connectivity index (χ0) is 10.5. The number of aliphatic imine (C=N–C) groups is 1. The number of isocyanates is 1. The molecule has 0 radical (unpaired) electrons. The molecule has 13 heavy (non-hydrogen) atoms. The predicted molar refractivity (Wildman–Crippen MR) is 48.0 cm³/mol. The van der Waals surface area contributed by atoms with Crippen LogP contribution in [0.15, 0.2) is 4.99 Å². The van der Waals surface area contributed by atoms with Crippen molar-refractivity contribution in [2.75, 3.05) is 7.11 Å². The van der Waals surface area contributed by atoms with Crippen LogP contribution in [0, 0.1) is 5.41 Å². The maximum Gasteiger partial charge on any atom is 0.311 e. The van der Waals surface area contributed by atoms with Crippen molar-refractivity contribution in [1.82, 2.24) is 0 Å². The van der Waals surface area contributed by atoms with Crippen molar-refractivity contribution in [1.29, 1.82) is 0 Å². The molecule has 0 spiro atoms. The topological polar surface area (TPSA) is 55.7 Å². The van der Waals surface area contributed by atoms with Crippen LogP contribution in [0.2, 0.25) is 0 Å². The van der Waals surface area contributed by atoms with Crippen LogP contribution in [0.4, 0.5) is 0 Å². The Labute approximate surface area is 78.0 Å². The quantitative estimate of drug-likeness (QED) is 0.377. The second-order valence-electron chi connectivity index (χ2n) is 3.65. The predicted octanol–water partition coefficient (Wildman–Crippen LogP) is 1.30. The first-order valence-corrected chi connectivity index (χ1v) is 4.09. The van der Waals surface area contributed by atoms with Gasteiger partial charge in [0.1, 0.15) is 0 Å². The lowest BCUT2D eigenvalue weighted by atomic mass is 9.86. The summed E-state index contributed by atoms with van der Waals surface area (Å²) in [6.45, 7) is 5.28. The Kier molecular flexibility index (Phi) is 4.35. The lowest BCUT2D eigenvalue weighted by Crippen LogP contribution is -2.28. The summed E-state index contributed by atoms with van der Waals surface area (Å²) in [4.78, 5) is 24.7. The summed E-state index contributed by atoms with van der Waals surface area (Å²) in [5.41, 5.74) is -0.603. The van der Waals surface area contributed by atoms with Crippen molar-refractivity contribution in [2.24, 2.45) is 10.4 Å². The molecule has 0 aliphatic heterocycles. The van der Waals surface area contributed by atoms with Gasteiger partial charge in [0.15, 0.2) is 0 Å². The van der Waals surface area contributed by atoms with E-state index in [4.69, 9.17) is 0 Å². The molecule has 0 N–H and O–H groups in total. The third-order valence-corrected chi connectivity index (χ3v) is 1.82. The highest BCUT2D eigenvalue weighted by Gasteiger charge is 2.30. The molecule has 0 saturated carbocycles. The van der Waals surface area contributed by atoms with Crippen LogP contribution in [0.3, 0.4) is 0 Å². The molecule has 4 nitrogen and oxygen atoms in total. The zero-order valence-electron chi connectivity index (χ0n) is 8.46. The number of esters is 1. The molecule has 0 heterocycles. The van der Waals surface area contributed by atoms with Gasteiger partial charge < -0.3 is 4.74 Å². The SMILES string of the molecule is COC(=O)C(C)(C)CC(C)N=C=O. The average Bonchev–Trinajstić information content (AvgIpc) is 2.02. The molecule has 1 atom stereocenters. The number of rotatable bonds is 4. The normalized spacial score (nSPS) is 12.9. The van der Waals surface area contributed by atoms with Crippen molar-refractivity contribution in [2.45, 2.75) is 33.2 Å². The highest BCUT2D eigenvalue weighted by Crippen LogP contribution is 2.24. The highest BCUT2D eigenvalue weighted by molar-refractivity contribution is 5.75. The van der Waals surface area contributed by atoms with Crippen LogP contribution < -0.4 is 0 Å². The fraction of sp³-hybridized carbons (Fsp3) is 0.778. The van der Waals surface area contributed by atoms with E-state index in [-0.39, 0.29) is 12.0 Å². The average molecular weight is 185 g/mol. The first kappa shape index (κ1) is 11.8. The van der Waals surface area contributed by atoms with E-state index in [1.807, 2.05) is 0 Å². The summed E-state index contributed by atoms with van der Waals surface area (Å²) in [6.07, 6.45) is 1.95. The number of ether oxygens (including phenoxy) is 1. The molecule has 0 bridgehead atoms. The fourth-order valence-electron chi connectivity index (χ4n) is 1.23. The van der Waals surface area contributed by atoms with Crippen LogP contribution in [0.25, 0.3) is 0 Å². The van der Waals surface area contributed by atoms with E-state index in [9.17, 15) is 9.59 Å². The van der Waals surface area contributed by atoms with Crippen LogP contribution in [-0.2, 0) is 14.3 Å². The van der Waals surface area contributed by atoms with E-state index >= 15 is 0 Å². The highest BCUT2D eigenvalue weighted by atomic mass is 16.5. The largest absolute Gasteiger partial charge is 0.469 e. The molecule has 0 saturated heterocycles. The van der Waals surface area contributed by atoms with Gasteiger partial charge in [0.05, 0.1) is 18.6 Å². The van der Waals surface area contributed by atoms with Crippen molar-refractivity contribution in [3.63, 3.8) is 0 Å². The van der Waals surface area contributed by atoms with Gasteiger partial charge in [-0.2, -0.15) is 0 Å². The van der Waals surface area contributed by atoms with Gasteiger partial charge in [0.2, 0.25) is 6.08 Å². The summed E-state index contributed by atoms with van der Waals surface area (Å²) in [6, 6.07) is -0.202. The Hall–Kier alpha value is -1.15. The first-order valence-electron chi connectivity index (χ1n) is 4.09. The van der Waals surface area contributed by atoms with Crippen molar-refractivity contribution in [3.8, 4) is 0 Å². The van der Waals surface area contributed by atoms with Crippen LogP contribution in [0.1, 0.15) is 27.2 Å².